The lowest BCUT2D eigenvalue weighted by atomic mass is 10.0. The number of nitrogens with zero attached hydrogens (tertiary/aromatic N) is 2. The summed E-state index contributed by atoms with van der Waals surface area (Å²) < 4.78 is 40.9. The molecule has 1 atom stereocenters. The van der Waals surface area contributed by atoms with Crippen LogP contribution >= 0.6 is 0 Å². The Hall–Kier alpha value is -3.03. The highest BCUT2D eigenvalue weighted by molar-refractivity contribution is 5.98. The lowest BCUT2D eigenvalue weighted by Gasteiger charge is -2.38. The molecule has 2 amide bonds. The first kappa shape index (κ1) is 21.7. The largest absolute Gasteiger partial charge is 0.368 e. The van der Waals surface area contributed by atoms with Gasteiger partial charge in [0.25, 0.3) is 5.91 Å². The van der Waals surface area contributed by atoms with E-state index in [2.05, 4.69) is 5.32 Å². The zero-order valence-corrected chi connectivity index (χ0v) is 16.9. The first-order chi connectivity index (χ1) is 14.3. The quantitative estimate of drug-likeness (QED) is 0.810. The van der Waals surface area contributed by atoms with Crippen LogP contribution in [0.4, 0.5) is 18.9 Å². The van der Waals surface area contributed by atoms with E-state index in [1.807, 2.05) is 4.90 Å². The summed E-state index contributed by atoms with van der Waals surface area (Å²) in [4.78, 5) is 29.1. The molecule has 1 aliphatic rings. The standard InChI is InChI=1S/C22H24F3N3O2/c1-14(2)20(26-21(29)19-17(24)4-3-5-18(19)25)22(30)28-12-10-27(11-13-28)16-8-6-15(23)7-9-16/h3-9,14,20H,10-13H2,1-2H3,(H,26,29)/t20-/m0/s1. The van der Waals surface area contributed by atoms with E-state index >= 15 is 0 Å². The summed E-state index contributed by atoms with van der Waals surface area (Å²) in [7, 11) is 0. The molecule has 0 radical (unpaired) electrons. The van der Waals surface area contributed by atoms with Crippen molar-refractivity contribution in [1.29, 1.82) is 0 Å². The SMILES string of the molecule is CC(C)[C@H](NC(=O)c1c(F)cccc1F)C(=O)N1CCN(c2ccc(F)cc2)CC1. The van der Waals surface area contributed by atoms with Crippen LogP contribution in [0.15, 0.2) is 42.5 Å². The fourth-order valence-corrected chi connectivity index (χ4v) is 3.48. The predicted octanol–water partition coefficient (Wildman–Crippen LogP) is 3.21. The van der Waals surface area contributed by atoms with Crippen molar-refractivity contribution in [2.24, 2.45) is 5.92 Å². The van der Waals surface area contributed by atoms with Crippen LogP contribution in [-0.2, 0) is 4.79 Å². The van der Waals surface area contributed by atoms with Gasteiger partial charge in [-0.15, -0.1) is 0 Å². The number of rotatable bonds is 5. The molecule has 5 nitrogen and oxygen atoms in total. The highest BCUT2D eigenvalue weighted by Gasteiger charge is 2.32. The summed E-state index contributed by atoms with van der Waals surface area (Å²) in [6.45, 7) is 5.47. The number of piperazine rings is 1. The van der Waals surface area contributed by atoms with Crippen molar-refractivity contribution < 1.29 is 22.8 Å². The molecule has 1 N–H and O–H groups in total. The van der Waals surface area contributed by atoms with Gasteiger partial charge in [-0.1, -0.05) is 19.9 Å². The van der Waals surface area contributed by atoms with Gasteiger partial charge in [0.15, 0.2) is 0 Å². The van der Waals surface area contributed by atoms with E-state index in [0.717, 1.165) is 17.8 Å². The van der Waals surface area contributed by atoms with Crippen LogP contribution in [-0.4, -0.2) is 48.9 Å². The number of hydrogen-bond donors (Lipinski definition) is 1. The van der Waals surface area contributed by atoms with Crippen LogP contribution in [0.1, 0.15) is 24.2 Å². The second kappa shape index (κ2) is 9.19. The minimum absolute atomic E-state index is 0.272. The van der Waals surface area contributed by atoms with Crippen molar-refractivity contribution >= 4 is 17.5 Å². The van der Waals surface area contributed by atoms with Crippen LogP contribution in [0.25, 0.3) is 0 Å². The molecule has 0 bridgehead atoms. The van der Waals surface area contributed by atoms with Gasteiger partial charge in [-0.3, -0.25) is 9.59 Å². The smallest absolute Gasteiger partial charge is 0.257 e. The summed E-state index contributed by atoms with van der Waals surface area (Å²) in [5.74, 6) is -3.79. The van der Waals surface area contributed by atoms with Gasteiger partial charge in [0.1, 0.15) is 29.1 Å². The zero-order valence-electron chi connectivity index (χ0n) is 16.9. The maximum absolute atomic E-state index is 13.9. The molecule has 0 spiro atoms. The molecule has 1 heterocycles. The number of anilines is 1. The molecule has 1 fully saturated rings. The van der Waals surface area contributed by atoms with Crippen LogP contribution < -0.4 is 10.2 Å². The van der Waals surface area contributed by atoms with Crippen LogP contribution in [0.3, 0.4) is 0 Å². The van der Waals surface area contributed by atoms with Crippen molar-refractivity contribution in [3.63, 3.8) is 0 Å². The molecular weight excluding hydrogens is 395 g/mol. The average molecular weight is 419 g/mol. The third-order valence-corrected chi connectivity index (χ3v) is 5.19. The van der Waals surface area contributed by atoms with Gasteiger partial charge in [-0.25, -0.2) is 13.2 Å². The molecule has 0 aliphatic carbocycles. The van der Waals surface area contributed by atoms with Crippen LogP contribution in [0.2, 0.25) is 0 Å². The highest BCUT2D eigenvalue weighted by Crippen LogP contribution is 2.19. The Morgan fingerprint density at radius 2 is 1.47 bits per heavy atom. The lowest BCUT2D eigenvalue weighted by molar-refractivity contribution is -0.134. The van der Waals surface area contributed by atoms with E-state index in [-0.39, 0.29) is 17.6 Å². The van der Waals surface area contributed by atoms with E-state index < -0.39 is 29.1 Å². The van der Waals surface area contributed by atoms with E-state index in [4.69, 9.17) is 0 Å². The molecule has 1 aliphatic heterocycles. The monoisotopic (exact) mass is 419 g/mol. The first-order valence-electron chi connectivity index (χ1n) is 9.82. The Morgan fingerprint density at radius 1 is 0.900 bits per heavy atom. The summed E-state index contributed by atoms with van der Waals surface area (Å²) in [5.41, 5.74) is 0.171. The molecule has 0 unspecified atom stereocenters. The van der Waals surface area contributed by atoms with Gasteiger partial charge in [-0.05, 0) is 42.3 Å². The molecule has 2 aromatic carbocycles. The van der Waals surface area contributed by atoms with Gasteiger partial charge in [-0.2, -0.15) is 0 Å². The lowest BCUT2D eigenvalue weighted by Crippen LogP contribution is -2.56. The Labute approximate surface area is 173 Å². The first-order valence-corrected chi connectivity index (χ1v) is 9.82. The average Bonchev–Trinajstić information content (AvgIpc) is 2.72. The molecule has 8 heteroatoms. The number of benzene rings is 2. The van der Waals surface area contributed by atoms with Crippen molar-refractivity contribution in [3.05, 3.63) is 65.5 Å². The minimum Gasteiger partial charge on any atom is -0.368 e. The number of amides is 2. The van der Waals surface area contributed by atoms with Crippen LogP contribution in [0.5, 0.6) is 0 Å². The third kappa shape index (κ3) is 4.75. The maximum atomic E-state index is 13.9. The van der Waals surface area contributed by atoms with Crippen LogP contribution in [0, 0.1) is 23.4 Å². The normalized spacial score (nSPS) is 15.3. The van der Waals surface area contributed by atoms with E-state index in [1.165, 1.54) is 18.2 Å². The van der Waals surface area contributed by atoms with Gasteiger partial charge < -0.3 is 15.1 Å². The van der Waals surface area contributed by atoms with Gasteiger partial charge in [0.2, 0.25) is 5.91 Å². The fraction of sp³-hybridized carbons (Fsp3) is 0.364. The summed E-state index contributed by atoms with van der Waals surface area (Å²) in [5, 5.41) is 2.50. The van der Waals surface area contributed by atoms with E-state index in [9.17, 15) is 22.8 Å². The van der Waals surface area contributed by atoms with E-state index in [1.54, 1.807) is 30.9 Å². The van der Waals surface area contributed by atoms with Crippen molar-refractivity contribution in [3.8, 4) is 0 Å². The highest BCUT2D eigenvalue weighted by atomic mass is 19.1. The topological polar surface area (TPSA) is 52.7 Å². The predicted molar refractivity (Wildman–Crippen MR) is 108 cm³/mol. The third-order valence-electron chi connectivity index (χ3n) is 5.19. The van der Waals surface area contributed by atoms with Gasteiger partial charge >= 0.3 is 0 Å². The fourth-order valence-electron chi connectivity index (χ4n) is 3.48. The molecule has 0 saturated carbocycles. The Kier molecular flexibility index (Phi) is 6.64. The molecule has 0 aromatic heterocycles. The number of nitrogens with one attached hydrogen (secondary N) is 1. The number of halogens is 3. The molecule has 30 heavy (non-hydrogen) atoms. The Bertz CT molecular complexity index is 890. The molecule has 160 valence electrons. The van der Waals surface area contributed by atoms with Gasteiger partial charge in [0, 0.05) is 31.9 Å². The number of carbonyl (C=O) groups is 2. The molecular formula is C22H24F3N3O2. The zero-order chi connectivity index (χ0) is 21.8. The number of carbonyl (C=O) groups excluding carboxylic acids is 2. The second-order valence-corrected chi connectivity index (χ2v) is 7.58. The van der Waals surface area contributed by atoms with Crippen molar-refractivity contribution in [2.75, 3.05) is 31.1 Å². The van der Waals surface area contributed by atoms with Crippen molar-refractivity contribution in [1.82, 2.24) is 10.2 Å². The summed E-state index contributed by atoms with van der Waals surface area (Å²) >= 11 is 0. The molecule has 1 saturated heterocycles. The number of hydrogen-bond acceptors (Lipinski definition) is 3. The summed E-state index contributed by atoms with van der Waals surface area (Å²) in [6.07, 6.45) is 0. The Morgan fingerprint density at radius 3 is 2.00 bits per heavy atom. The maximum Gasteiger partial charge on any atom is 0.257 e. The molecule has 2 aromatic rings. The van der Waals surface area contributed by atoms with E-state index in [0.29, 0.717) is 26.2 Å². The van der Waals surface area contributed by atoms with Gasteiger partial charge in [0.05, 0.1) is 0 Å². The minimum atomic E-state index is -0.977. The molecule has 3 rings (SSSR count). The Balaban J connectivity index is 1.66. The van der Waals surface area contributed by atoms with Crippen molar-refractivity contribution in [2.45, 2.75) is 19.9 Å². The second-order valence-electron chi connectivity index (χ2n) is 7.58. The summed E-state index contributed by atoms with van der Waals surface area (Å²) in [6, 6.07) is 8.41.